The van der Waals surface area contributed by atoms with Gasteiger partial charge >= 0.3 is 0 Å². The van der Waals surface area contributed by atoms with Crippen LogP contribution in [-0.2, 0) is 0 Å². The smallest absolute Gasteiger partial charge is 0.270 e. The lowest BCUT2D eigenvalue weighted by atomic mass is 10.1. The molecule has 0 unspecified atom stereocenters. The summed E-state index contributed by atoms with van der Waals surface area (Å²) in [5, 5.41) is 34.7. The zero-order valence-corrected chi connectivity index (χ0v) is 18.4. The number of nitrogens with two attached hydrogens (primary N) is 1. The Hall–Kier alpha value is -4.67. The van der Waals surface area contributed by atoms with Crippen molar-refractivity contribution in [2.75, 3.05) is 5.73 Å². The third-order valence-electron chi connectivity index (χ3n) is 4.74. The van der Waals surface area contributed by atoms with E-state index in [4.69, 9.17) is 10.2 Å². The molecule has 10 heteroatoms. The van der Waals surface area contributed by atoms with E-state index in [1.165, 1.54) is 22.9 Å². The maximum absolute atomic E-state index is 11.0. The summed E-state index contributed by atoms with van der Waals surface area (Å²) >= 11 is 3.33. The number of nitrogens with zero attached hydrogens (tertiary/aromatic N) is 5. The van der Waals surface area contributed by atoms with Crippen molar-refractivity contribution in [3.63, 3.8) is 0 Å². The summed E-state index contributed by atoms with van der Waals surface area (Å²) in [4.78, 5) is 10.5. The maximum Gasteiger partial charge on any atom is 0.270 e. The van der Waals surface area contributed by atoms with Crippen molar-refractivity contribution in [2.24, 2.45) is 0 Å². The Balaban J connectivity index is 1.79. The molecule has 0 saturated heterocycles. The van der Waals surface area contributed by atoms with E-state index >= 15 is 0 Å². The zero-order chi connectivity index (χ0) is 23.5. The molecule has 0 radical (unpaired) electrons. The zero-order valence-electron chi connectivity index (χ0n) is 16.8. The Morgan fingerprint density at radius 3 is 2.58 bits per heavy atom. The lowest BCUT2D eigenvalue weighted by Crippen LogP contribution is -2.02. The predicted molar refractivity (Wildman–Crippen MR) is 125 cm³/mol. The van der Waals surface area contributed by atoms with E-state index in [1.54, 1.807) is 42.5 Å². The van der Waals surface area contributed by atoms with E-state index in [-0.39, 0.29) is 28.3 Å². The van der Waals surface area contributed by atoms with Crippen LogP contribution in [0.4, 0.5) is 11.5 Å². The average Bonchev–Trinajstić information content (AvgIpc) is 3.41. The molecular formula is C23H13BrN6O3. The number of non-ortho nitro benzene ring substituents is 1. The van der Waals surface area contributed by atoms with Gasteiger partial charge < -0.3 is 10.2 Å². The highest BCUT2D eigenvalue weighted by Gasteiger charge is 2.21. The summed E-state index contributed by atoms with van der Waals surface area (Å²) < 4.78 is 7.79. The second-order valence-electron chi connectivity index (χ2n) is 6.76. The highest BCUT2D eigenvalue weighted by atomic mass is 79.9. The quantitative estimate of drug-likeness (QED) is 0.221. The number of allylic oxidation sites excluding steroid dienone is 1. The Labute approximate surface area is 195 Å². The van der Waals surface area contributed by atoms with Gasteiger partial charge in [-0.15, -0.1) is 5.10 Å². The van der Waals surface area contributed by atoms with Crippen LogP contribution in [0.5, 0.6) is 0 Å². The van der Waals surface area contributed by atoms with Gasteiger partial charge in [0.05, 0.1) is 16.2 Å². The predicted octanol–water partition coefficient (Wildman–Crippen LogP) is 5.32. The topological polar surface area (TPSA) is 148 Å². The van der Waals surface area contributed by atoms with Crippen LogP contribution in [0.3, 0.4) is 0 Å². The van der Waals surface area contributed by atoms with Crippen molar-refractivity contribution in [1.29, 1.82) is 10.5 Å². The number of para-hydroxylation sites is 1. The van der Waals surface area contributed by atoms with Gasteiger partial charge in [0.25, 0.3) is 5.69 Å². The first-order valence-electron chi connectivity index (χ1n) is 9.43. The van der Waals surface area contributed by atoms with Gasteiger partial charge in [-0.1, -0.05) is 18.2 Å². The van der Waals surface area contributed by atoms with E-state index in [1.807, 2.05) is 12.1 Å². The van der Waals surface area contributed by atoms with Crippen molar-refractivity contribution in [1.82, 2.24) is 9.78 Å². The number of nitrogen functional groups attached to an aromatic ring is 1. The molecule has 0 amide bonds. The van der Waals surface area contributed by atoms with Gasteiger partial charge in [-0.3, -0.25) is 10.1 Å². The number of nitro groups is 1. The van der Waals surface area contributed by atoms with Crippen LogP contribution < -0.4 is 5.73 Å². The SMILES string of the molecule is N#CC(=Cc1ccc(-c2ccc([N+](=O)[O-])cc2Br)o1)c1c(C#N)c(N)nn1-c1ccccc1. The van der Waals surface area contributed by atoms with E-state index in [2.05, 4.69) is 27.1 Å². The fourth-order valence-electron chi connectivity index (χ4n) is 3.24. The molecule has 0 spiro atoms. The molecule has 4 aromatic rings. The molecule has 9 nitrogen and oxygen atoms in total. The van der Waals surface area contributed by atoms with Crippen LogP contribution in [0.25, 0.3) is 28.7 Å². The number of nitro benzene ring substituents is 1. The molecule has 0 atom stereocenters. The second-order valence-corrected chi connectivity index (χ2v) is 7.62. The van der Waals surface area contributed by atoms with Crippen LogP contribution in [0.15, 0.2) is 69.6 Å². The number of furan rings is 1. The Kier molecular flexibility index (Phi) is 5.77. The summed E-state index contributed by atoms with van der Waals surface area (Å²) in [5.41, 5.74) is 7.58. The molecule has 0 saturated carbocycles. The number of hydrogen-bond donors (Lipinski definition) is 1. The van der Waals surface area contributed by atoms with Crippen molar-refractivity contribution < 1.29 is 9.34 Å². The fourth-order valence-corrected chi connectivity index (χ4v) is 3.80. The van der Waals surface area contributed by atoms with Crippen LogP contribution in [0.2, 0.25) is 0 Å². The number of aromatic nitrogens is 2. The van der Waals surface area contributed by atoms with Crippen molar-refractivity contribution in [3.8, 4) is 29.1 Å². The third-order valence-corrected chi connectivity index (χ3v) is 5.40. The molecule has 2 aromatic carbocycles. The number of nitriles is 2. The van der Waals surface area contributed by atoms with Crippen LogP contribution in [-0.4, -0.2) is 14.7 Å². The lowest BCUT2D eigenvalue weighted by Gasteiger charge is -2.06. The molecule has 33 heavy (non-hydrogen) atoms. The van der Waals surface area contributed by atoms with E-state index < -0.39 is 4.92 Å². The summed E-state index contributed by atoms with van der Waals surface area (Å²) in [6.45, 7) is 0. The molecule has 0 aliphatic rings. The van der Waals surface area contributed by atoms with Crippen molar-refractivity contribution in [2.45, 2.75) is 0 Å². The molecule has 0 aliphatic heterocycles. The highest BCUT2D eigenvalue weighted by Crippen LogP contribution is 2.34. The fraction of sp³-hybridized carbons (Fsp3) is 0. The molecule has 2 aromatic heterocycles. The minimum Gasteiger partial charge on any atom is -0.457 e. The summed E-state index contributed by atoms with van der Waals surface area (Å²) in [6.07, 6.45) is 1.49. The number of hydrogen-bond acceptors (Lipinski definition) is 7. The van der Waals surface area contributed by atoms with E-state index in [9.17, 15) is 20.6 Å². The molecule has 2 heterocycles. The normalized spacial score (nSPS) is 11.1. The lowest BCUT2D eigenvalue weighted by molar-refractivity contribution is -0.384. The van der Waals surface area contributed by atoms with Crippen LogP contribution in [0, 0.1) is 32.8 Å². The van der Waals surface area contributed by atoms with Gasteiger partial charge in [-0.25, -0.2) is 4.68 Å². The number of halogens is 1. The van der Waals surface area contributed by atoms with Gasteiger partial charge in [0, 0.05) is 28.2 Å². The first-order chi connectivity index (χ1) is 15.9. The molecule has 0 bridgehead atoms. The minimum absolute atomic E-state index is 0.00690. The number of anilines is 1. The van der Waals surface area contributed by atoms with Crippen molar-refractivity contribution >= 4 is 39.1 Å². The van der Waals surface area contributed by atoms with Crippen LogP contribution >= 0.6 is 15.9 Å². The van der Waals surface area contributed by atoms with E-state index in [0.29, 0.717) is 27.2 Å². The molecular weight excluding hydrogens is 488 g/mol. The van der Waals surface area contributed by atoms with E-state index in [0.717, 1.165) is 0 Å². The molecule has 160 valence electrons. The summed E-state index contributed by atoms with van der Waals surface area (Å²) in [7, 11) is 0. The second kappa shape index (κ2) is 8.83. The van der Waals surface area contributed by atoms with Gasteiger partial charge in [-0.2, -0.15) is 10.5 Å². The van der Waals surface area contributed by atoms with Crippen molar-refractivity contribution in [3.05, 3.63) is 92.3 Å². The average molecular weight is 501 g/mol. The largest absolute Gasteiger partial charge is 0.457 e. The van der Waals surface area contributed by atoms with Gasteiger partial charge in [0.1, 0.15) is 34.9 Å². The molecule has 4 rings (SSSR count). The van der Waals surface area contributed by atoms with Gasteiger partial charge in [0.15, 0.2) is 5.82 Å². The minimum atomic E-state index is -0.488. The highest BCUT2D eigenvalue weighted by molar-refractivity contribution is 9.10. The summed E-state index contributed by atoms with van der Waals surface area (Å²) in [5.74, 6) is 0.791. The summed E-state index contributed by atoms with van der Waals surface area (Å²) in [6, 6.07) is 20.8. The van der Waals surface area contributed by atoms with Gasteiger partial charge in [0.2, 0.25) is 0 Å². The monoisotopic (exact) mass is 500 g/mol. The standard InChI is InChI=1S/C23H13BrN6O3/c24-20-11-16(30(31)32)6-8-18(20)21-9-7-17(33-21)10-14(12-25)22-19(13-26)23(27)28-29(22)15-4-2-1-3-5-15/h1-11H,(H2,27,28). The number of benzene rings is 2. The molecule has 0 fully saturated rings. The Morgan fingerprint density at radius 1 is 1.18 bits per heavy atom. The van der Waals surface area contributed by atoms with Crippen LogP contribution in [0.1, 0.15) is 17.0 Å². The Bertz CT molecular complexity index is 1490. The number of rotatable bonds is 5. The van der Waals surface area contributed by atoms with Gasteiger partial charge in [-0.05, 0) is 46.3 Å². The third kappa shape index (κ3) is 4.11. The molecule has 2 N–H and O–H groups in total. The first-order valence-corrected chi connectivity index (χ1v) is 10.2. The maximum atomic E-state index is 11.0. The Morgan fingerprint density at radius 2 is 1.94 bits per heavy atom. The first kappa shape index (κ1) is 21.6. The molecule has 0 aliphatic carbocycles.